The maximum atomic E-state index is 15.8. The van der Waals surface area contributed by atoms with Crippen LogP contribution >= 0.6 is 0 Å². The highest BCUT2D eigenvalue weighted by molar-refractivity contribution is 5.97. The van der Waals surface area contributed by atoms with E-state index in [-0.39, 0.29) is 29.3 Å². The fourth-order valence-corrected chi connectivity index (χ4v) is 6.05. The van der Waals surface area contributed by atoms with Gasteiger partial charge in [-0.1, -0.05) is 6.92 Å². The third-order valence-electron chi connectivity index (χ3n) is 7.94. The van der Waals surface area contributed by atoms with Gasteiger partial charge in [-0.2, -0.15) is 0 Å². The first-order valence-corrected chi connectivity index (χ1v) is 11.6. The molecule has 2 bridgehead atoms. The summed E-state index contributed by atoms with van der Waals surface area (Å²) in [5.41, 5.74) is 2.20. The van der Waals surface area contributed by atoms with Gasteiger partial charge < -0.3 is 10.3 Å². The van der Waals surface area contributed by atoms with E-state index in [1.807, 2.05) is 0 Å². The third kappa shape index (κ3) is 3.00. The summed E-state index contributed by atoms with van der Waals surface area (Å²) in [4.78, 5) is 15.5. The van der Waals surface area contributed by atoms with Crippen molar-refractivity contribution in [1.29, 1.82) is 0 Å². The molecule has 3 heterocycles. The van der Waals surface area contributed by atoms with Crippen LogP contribution in [0.25, 0.3) is 27.1 Å². The van der Waals surface area contributed by atoms with Crippen LogP contribution in [0.2, 0.25) is 0 Å². The van der Waals surface area contributed by atoms with Crippen LogP contribution in [0, 0.1) is 36.0 Å². The molecule has 7 heteroatoms. The summed E-state index contributed by atoms with van der Waals surface area (Å²) in [6.07, 6.45) is 9.44. The van der Waals surface area contributed by atoms with E-state index in [0.717, 1.165) is 19.0 Å². The molecule has 4 fully saturated rings. The number of aromatic nitrogens is 3. The number of rotatable bonds is 4. The SMILES string of the molecule is [C-]#[N+]c1c(-c2c[nH]c3ncc(F)cc23)nc(N[C@@H]2C3CCC(CC3)[C@H]2C)c(F)c1C1CC1. The monoisotopic (exact) mass is 433 g/mol. The van der Waals surface area contributed by atoms with Crippen LogP contribution in [-0.2, 0) is 0 Å². The molecule has 4 aliphatic rings. The molecule has 32 heavy (non-hydrogen) atoms. The molecule has 7 rings (SSSR count). The Bertz CT molecular complexity index is 1250. The van der Waals surface area contributed by atoms with Gasteiger partial charge in [-0.3, -0.25) is 0 Å². The molecule has 0 aliphatic heterocycles. The van der Waals surface area contributed by atoms with Crippen LogP contribution in [0.1, 0.15) is 56.9 Å². The fourth-order valence-electron chi connectivity index (χ4n) is 6.05. The van der Waals surface area contributed by atoms with Crippen LogP contribution < -0.4 is 5.32 Å². The predicted octanol–water partition coefficient (Wildman–Crippen LogP) is 6.57. The van der Waals surface area contributed by atoms with Crippen LogP contribution in [0.4, 0.5) is 20.3 Å². The maximum Gasteiger partial charge on any atom is 0.219 e. The quantitative estimate of drug-likeness (QED) is 0.458. The minimum atomic E-state index is -0.461. The first kappa shape index (κ1) is 19.7. The van der Waals surface area contributed by atoms with E-state index in [4.69, 9.17) is 6.57 Å². The van der Waals surface area contributed by atoms with Crippen LogP contribution in [0.3, 0.4) is 0 Å². The van der Waals surface area contributed by atoms with Gasteiger partial charge in [-0.15, -0.1) is 0 Å². The molecule has 2 atom stereocenters. The molecule has 164 valence electrons. The first-order valence-electron chi connectivity index (χ1n) is 11.6. The highest BCUT2D eigenvalue weighted by atomic mass is 19.1. The van der Waals surface area contributed by atoms with E-state index in [2.05, 4.69) is 32.0 Å². The topological polar surface area (TPSA) is 58.0 Å². The van der Waals surface area contributed by atoms with Gasteiger partial charge in [-0.05, 0) is 68.3 Å². The van der Waals surface area contributed by atoms with Gasteiger partial charge >= 0.3 is 0 Å². The van der Waals surface area contributed by atoms with E-state index in [0.29, 0.717) is 45.6 Å². The molecule has 0 amide bonds. The number of pyridine rings is 2. The van der Waals surface area contributed by atoms with Gasteiger partial charge in [-0.25, -0.2) is 23.6 Å². The Morgan fingerprint density at radius 1 is 1.12 bits per heavy atom. The Balaban J connectivity index is 1.51. The predicted molar refractivity (Wildman–Crippen MR) is 120 cm³/mol. The van der Waals surface area contributed by atoms with Gasteiger partial charge in [0.2, 0.25) is 5.69 Å². The molecule has 2 N–H and O–H groups in total. The van der Waals surface area contributed by atoms with Crippen molar-refractivity contribution in [2.24, 2.45) is 17.8 Å². The lowest BCUT2D eigenvalue weighted by Crippen LogP contribution is -2.47. The summed E-state index contributed by atoms with van der Waals surface area (Å²) in [5, 5.41) is 4.03. The molecular formula is C25H25F2N5. The van der Waals surface area contributed by atoms with Gasteiger partial charge in [0.1, 0.15) is 11.5 Å². The van der Waals surface area contributed by atoms with Crippen molar-refractivity contribution in [3.8, 4) is 11.3 Å². The average Bonchev–Trinajstić information content (AvgIpc) is 3.56. The number of halogens is 2. The van der Waals surface area contributed by atoms with Crippen molar-refractivity contribution in [2.45, 2.75) is 57.4 Å². The maximum absolute atomic E-state index is 15.8. The summed E-state index contributed by atoms with van der Waals surface area (Å²) in [7, 11) is 0. The Morgan fingerprint density at radius 2 is 1.88 bits per heavy atom. The molecule has 0 unspecified atom stereocenters. The number of hydrogen-bond acceptors (Lipinski definition) is 3. The summed E-state index contributed by atoms with van der Waals surface area (Å²) in [6.45, 7) is 10.1. The summed E-state index contributed by atoms with van der Waals surface area (Å²) in [5.74, 6) is 1.09. The van der Waals surface area contributed by atoms with Gasteiger partial charge in [0.15, 0.2) is 11.6 Å². The van der Waals surface area contributed by atoms with Crippen molar-refractivity contribution in [3.05, 3.63) is 47.1 Å². The molecule has 4 aliphatic carbocycles. The average molecular weight is 434 g/mol. The van der Waals surface area contributed by atoms with Crippen LogP contribution in [-0.4, -0.2) is 21.0 Å². The second-order valence-corrected chi connectivity index (χ2v) is 9.73. The molecule has 0 spiro atoms. The summed E-state index contributed by atoms with van der Waals surface area (Å²) in [6, 6.07) is 1.57. The number of aromatic amines is 1. The number of hydrogen-bond donors (Lipinski definition) is 2. The van der Waals surface area contributed by atoms with Gasteiger partial charge in [0.05, 0.1) is 18.5 Å². The number of fused-ring (bicyclic) bond motifs is 4. The van der Waals surface area contributed by atoms with Crippen molar-refractivity contribution in [1.82, 2.24) is 15.0 Å². The number of nitrogens with one attached hydrogen (secondary N) is 2. The Hall–Kier alpha value is -3.01. The largest absolute Gasteiger partial charge is 0.364 e. The summed E-state index contributed by atoms with van der Waals surface area (Å²) < 4.78 is 29.7. The van der Waals surface area contributed by atoms with Crippen LogP contribution in [0.15, 0.2) is 18.5 Å². The minimum Gasteiger partial charge on any atom is -0.364 e. The van der Waals surface area contributed by atoms with Crippen LogP contribution in [0.5, 0.6) is 0 Å². The lowest BCUT2D eigenvalue weighted by molar-refractivity contribution is 0.0926. The zero-order valence-electron chi connectivity index (χ0n) is 18.0. The van der Waals surface area contributed by atoms with E-state index in [9.17, 15) is 4.39 Å². The molecule has 3 aromatic rings. The Kier molecular flexibility index (Phi) is 4.46. The van der Waals surface area contributed by atoms with Gasteiger partial charge in [0.25, 0.3) is 0 Å². The highest BCUT2D eigenvalue weighted by Crippen LogP contribution is 2.51. The minimum absolute atomic E-state index is 0.0432. The number of H-pyrrole nitrogens is 1. The van der Waals surface area contributed by atoms with E-state index in [1.54, 1.807) is 6.20 Å². The molecule has 0 radical (unpaired) electrons. The van der Waals surface area contributed by atoms with Gasteiger partial charge in [0, 0.05) is 28.8 Å². The zero-order chi connectivity index (χ0) is 22.0. The number of nitrogens with zero attached hydrogens (tertiary/aromatic N) is 3. The lowest BCUT2D eigenvalue weighted by atomic mass is 9.62. The summed E-state index contributed by atoms with van der Waals surface area (Å²) >= 11 is 0. The normalized spacial score (nSPS) is 26.9. The van der Waals surface area contributed by atoms with E-state index >= 15 is 4.39 Å². The molecule has 5 nitrogen and oxygen atoms in total. The Labute approximate surface area is 185 Å². The van der Waals surface area contributed by atoms with E-state index < -0.39 is 5.82 Å². The smallest absolute Gasteiger partial charge is 0.219 e. The number of anilines is 1. The highest BCUT2D eigenvalue weighted by Gasteiger charge is 2.42. The molecule has 4 saturated carbocycles. The molecule has 0 aromatic carbocycles. The van der Waals surface area contributed by atoms with E-state index in [1.165, 1.54) is 31.7 Å². The lowest BCUT2D eigenvalue weighted by Gasteiger charge is -2.47. The van der Waals surface area contributed by atoms with Crippen molar-refractivity contribution in [3.63, 3.8) is 0 Å². The second-order valence-electron chi connectivity index (χ2n) is 9.73. The standard InChI is InChI=1S/C25H25F2N5/c1-12-13-3-7-15(8-4-13)21(12)31-25-20(27)19(14-5-6-14)23(28-2)22(32-25)18-11-30-24-17(18)9-16(26)10-29-24/h9-15,21H,3-8H2,1H3,(H,29,30)(H,31,32)/t12-,13?,15?,21+/m1/s1. The fraction of sp³-hybridized carbons (Fsp3) is 0.480. The van der Waals surface area contributed by atoms with Crippen molar-refractivity contribution >= 4 is 22.5 Å². The van der Waals surface area contributed by atoms with Crippen molar-refractivity contribution in [2.75, 3.05) is 5.32 Å². The Morgan fingerprint density at radius 3 is 2.56 bits per heavy atom. The zero-order valence-corrected chi connectivity index (χ0v) is 18.0. The molecule has 0 saturated heterocycles. The van der Waals surface area contributed by atoms with Crippen molar-refractivity contribution < 1.29 is 8.78 Å². The second kappa shape index (κ2) is 7.26. The first-order chi connectivity index (χ1) is 15.5. The molecule has 3 aromatic heterocycles. The third-order valence-corrected chi connectivity index (χ3v) is 7.94. The molecular weight excluding hydrogens is 408 g/mol.